The number of aromatic nitrogens is 4. The molecular formula is C38H37N5O7. The van der Waals surface area contributed by atoms with E-state index in [4.69, 9.17) is 18.9 Å². The van der Waals surface area contributed by atoms with Crippen molar-refractivity contribution in [3.8, 4) is 11.5 Å². The van der Waals surface area contributed by atoms with Crippen LogP contribution in [0.1, 0.15) is 33.3 Å². The van der Waals surface area contributed by atoms with Crippen molar-refractivity contribution in [2.75, 3.05) is 39.4 Å². The fraction of sp³-hybridized carbons (Fsp3) is 0.211. The molecule has 0 aliphatic carbocycles. The van der Waals surface area contributed by atoms with Crippen molar-refractivity contribution in [2.45, 2.75) is 17.9 Å². The van der Waals surface area contributed by atoms with Gasteiger partial charge in [0.05, 0.1) is 40.4 Å². The van der Waals surface area contributed by atoms with Gasteiger partial charge in [-0.1, -0.05) is 72.8 Å². The van der Waals surface area contributed by atoms with Gasteiger partial charge in [0.2, 0.25) is 0 Å². The van der Waals surface area contributed by atoms with Gasteiger partial charge in [-0.2, -0.15) is 0 Å². The normalized spacial score (nSPS) is 12.7. The summed E-state index contributed by atoms with van der Waals surface area (Å²) in [5.41, 5.74) is 2.39. The number of hydrogen-bond acceptors (Lipinski definition) is 10. The van der Waals surface area contributed by atoms with E-state index in [1.165, 1.54) is 17.2 Å². The fourth-order valence-corrected chi connectivity index (χ4v) is 5.77. The molecule has 0 aliphatic heterocycles. The van der Waals surface area contributed by atoms with Crippen molar-refractivity contribution in [1.29, 1.82) is 0 Å². The van der Waals surface area contributed by atoms with E-state index in [1.54, 1.807) is 38.5 Å². The first-order chi connectivity index (χ1) is 24.5. The molecule has 0 aliphatic rings. The van der Waals surface area contributed by atoms with Gasteiger partial charge in [-0.15, -0.1) is 0 Å². The molecule has 0 spiro atoms. The summed E-state index contributed by atoms with van der Waals surface area (Å²) in [5, 5.41) is 23.8. The number of anilines is 1. The van der Waals surface area contributed by atoms with Gasteiger partial charge < -0.3 is 34.5 Å². The van der Waals surface area contributed by atoms with Crippen LogP contribution in [0, 0.1) is 0 Å². The molecule has 256 valence electrons. The largest absolute Gasteiger partial charge is 0.497 e. The summed E-state index contributed by atoms with van der Waals surface area (Å²) < 4.78 is 25.6. The molecule has 4 aromatic carbocycles. The zero-order chi connectivity index (χ0) is 34.9. The van der Waals surface area contributed by atoms with Gasteiger partial charge in [0.15, 0.2) is 23.2 Å². The first-order valence-corrected chi connectivity index (χ1v) is 15.9. The maximum Gasteiger partial charge on any atom is 0.256 e. The molecule has 0 fully saturated rings. The zero-order valence-electron chi connectivity index (χ0n) is 27.5. The maximum absolute atomic E-state index is 12.8. The number of nitrogens with one attached hydrogen (secondary N) is 1. The quantitative estimate of drug-likeness (QED) is 0.127. The third-order valence-corrected chi connectivity index (χ3v) is 8.31. The Morgan fingerprint density at radius 3 is 1.90 bits per heavy atom. The van der Waals surface area contributed by atoms with E-state index in [0.29, 0.717) is 28.2 Å². The highest BCUT2D eigenvalue weighted by Gasteiger charge is 2.39. The Kier molecular flexibility index (Phi) is 10.7. The van der Waals surface area contributed by atoms with Crippen LogP contribution in [0.2, 0.25) is 0 Å². The van der Waals surface area contributed by atoms with Gasteiger partial charge >= 0.3 is 0 Å². The van der Waals surface area contributed by atoms with E-state index in [2.05, 4.69) is 20.3 Å². The van der Waals surface area contributed by atoms with E-state index in [9.17, 15) is 15.0 Å². The van der Waals surface area contributed by atoms with Crippen molar-refractivity contribution in [3.05, 3.63) is 144 Å². The van der Waals surface area contributed by atoms with E-state index in [-0.39, 0.29) is 18.3 Å². The Bertz CT molecular complexity index is 1940. The summed E-state index contributed by atoms with van der Waals surface area (Å²) in [5.74, 6) is 1.22. The molecule has 3 N–H and O–H groups in total. The summed E-state index contributed by atoms with van der Waals surface area (Å²) in [7, 11) is 3.22. The second-order valence-electron chi connectivity index (χ2n) is 11.3. The van der Waals surface area contributed by atoms with E-state index < -0.39 is 31.1 Å². The molecule has 1 amide bonds. The number of carbonyl (C=O) groups excluding carboxylic acids is 1. The van der Waals surface area contributed by atoms with Crippen LogP contribution in [-0.2, 0) is 15.1 Å². The van der Waals surface area contributed by atoms with Gasteiger partial charge in [0.1, 0.15) is 29.5 Å². The second-order valence-corrected chi connectivity index (χ2v) is 11.3. The van der Waals surface area contributed by atoms with Gasteiger partial charge in [0, 0.05) is 5.56 Å². The molecule has 0 unspecified atom stereocenters. The van der Waals surface area contributed by atoms with Gasteiger partial charge in [-0.25, -0.2) is 15.0 Å². The van der Waals surface area contributed by atoms with E-state index in [1.807, 2.05) is 84.9 Å². The minimum Gasteiger partial charge on any atom is -0.497 e. The molecule has 0 saturated heterocycles. The van der Waals surface area contributed by atoms with Gasteiger partial charge in [0.25, 0.3) is 5.91 Å². The molecule has 2 heterocycles. The zero-order valence-corrected chi connectivity index (χ0v) is 27.5. The number of ether oxygens (including phenoxy) is 4. The minimum absolute atomic E-state index is 0.0834. The van der Waals surface area contributed by atoms with Crippen molar-refractivity contribution < 1.29 is 34.0 Å². The SMILES string of the molecule is COc1ccc(C(OC[C@H](CO)O[C@H](CO)n2cnc3c(NC(=O)c4ccccc4)ncnc32)(c2ccccc2)c2ccc(OC)cc2)cc1. The van der Waals surface area contributed by atoms with Crippen molar-refractivity contribution in [2.24, 2.45) is 0 Å². The van der Waals surface area contributed by atoms with Gasteiger partial charge in [-0.3, -0.25) is 9.36 Å². The summed E-state index contributed by atoms with van der Waals surface area (Å²) in [4.78, 5) is 25.8. The fourth-order valence-electron chi connectivity index (χ4n) is 5.77. The smallest absolute Gasteiger partial charge is 0.256 e. The molecule has 0 saturated carbocycles. The molecule has 12 nitrogen and oxygen atoms in total. The number of carbonyl (C=O) groups is 1. The van der Waals surface area contributed by atoms with Crippen LogP contribution < -0.4 is 14.8 Å². The summed E-state index contributed by atoms with van der Waals surface area (Å²) >= 11 is 0. The number of aliphatic hydroxyl groups is 2. The predicted octanol–water partition coefficient (Wildman–Crippen LogP) is 4.97. The van der Waals surface area contributed by atoms with Crippen molar-refractivity contribution in [1.82, 2.24) is 19.5 Å². The third kappa shape index (κ3) is 7.05. The lowest BCUT2D eigenvalue weighted by Crippen LogP contribution is -2.38. The average Bonchev–Trinajstić information content (AvgIpc) is 3.62. The third-order valence-electron chi connectivity index (χ3n) is 8.31. The number of rotatable bonds is 15. The van der Waals surface area contributed by atoms with E-state index in [0.717, 1.165) is 16.7 Å². The van der Waals surface area contributed by atoms with Crippen LogP contribution in [0.25, 0.3) is 11.2 Å². The lowest BCUT2D eigenvalue weighted by atomic mass is 9.80. The van der Waals surface area contributed by atoms with Crippen LogP contribution in [0.15, 0.2) is 122 Å². The monoisotopic (exact) mass is 675 g/mol. The maximum atomic E-state index is 12.8. The Morgan fingerprint density at radius 1 is 0.760 bits per heavy atom. The number of benzene rings is 4. The number of nitrogens with zero attached hydrogens (tertiary/aromatic N) is 4. The first-order valence-electron chi connectivity index (χ1n) is 15.9. The molecule has 12 heteroatoms. The number of imidazole rings is 1. The molecule has 0 radical (unpaired) electrons. The molecule has 50 heavy (non-hydrogen) atoms. The van der Waals surface area contributed by atoms with Crippen LogP contribution in [-0.4, -0.2) is 75.8 Å². The summed E-state index contributed by atoms with van der Waals surface area (Å²) in [6, 6.07) is 33.7. The number of amides is 1. The highest BCUT2D eigenvalue weighted by Crippen LogP contribution is 2.42. The Morgan fingerprint density at radius 2 is 1.34 bits per heavy atom. The van der Waals surface area contributed by atoms with E-state index >= 15 is 0 Å². The lowest BCUT2D eigenvalue weighted by molar-refractivity contribution is -0.136. The average molecular weight is 676 g/mol. The number of aliphatic hydroxyl groups excluding tert-OH is 2. The molecular weight excluding hydrogens is 638 g/mol. The molecule has 0 bridgehead atoms. The van der Waals surface area contributed by atoms with Crippen LogP contribution in [0.3, 0.4) is 0 Å². The molecule has 6 aromatic rings. The second kappa shape index (κ2) is 15.7. The van der Waals surface area contributed by atoms with Crippen LogP contribution in [0.5, 0.6) is 11.5 Å². The highest BCUT2D eigenvalue weighted by molar-refractivity contribution is 6.06. The predicted molar refractivity (Wildman–Crippen MR) is 186 cm³/mol. The summed E-state index contributed by atoms with van der Waals surface area (Å²) in [6.45, 7) is -0.981. The van der Waals surface area contributed by atoms with Crippen LogP contribution >= 0.6 is 0 Å². The molecule has 2 aromatic heterocycles. The Labute approximate surface area is 288 Å². The van der Waals surface area contributed by atoms with Crippen molar-refractivity contribution >= 4 is 22.9 Å². The topological polar surface area (TPSA) is 150 Å². The number of hydrogen-bond donors (Lipinski definition) is 3. The number of methoxy groups -OCH3 is 2. The standard InChI is InChI=1S/C38H37N5O7/c1-47-30-17-13-28(14-18-30)38(27-11-7-4-8-12-27,29-15-19-31(48-2)20-16-29)49-23-32(21-44)50-33(22-45)43-25-41-34-35(39-24-40-36(34)43)42-37(46)26-9-5-3-6-10-26/h3-20,24-25,32-33,44-45H,21-23H2,1-2H3,(H,39,40,42,46)/t32-,33+/m0/s1. The minimum atomic E-state index is -1.15. The Hall–Kier alpha value is -5.66. The molecule has 2 atom stereocenters. The molecule has 6 rings (SSSR count). The summed E-state index contributed by atoms with van der Waals surface area (Å²) in [6.07, 6.45) is 0.821. The number of fused-ring (bicyclic) bond motifs is 1. The first kappa shape index (κ1) is 34.2. The highest BCUT2D eigenvalue weighted by atomic mass is 16.6. The van der Waals surface area contributed by atoms with Gasteiger partial charge in [-0.05, 0) is 53.1 Å². The van der Waals surface area contributed by atoms with Crippen LogP contribution in [0.4, 0.5) is 5.82 Å². The van der Waals surface area contributed by atoms with Crippen molar-refractivity contribution in [3.63, 3.8) is 0 Å². The lowest BCUT2D eigenvalue weighted by Gasteiger charge is -2.37. The Balaban J connectivity index is 1.30.